The average molecular weight is 277 g/mol. The molecule has 0 radical (unpaired) electrons. The molecule has 6 heteroatoms. The van der Waals surface area contributed by atoms with Crippen molar-refractivity contribution in [1.82, 2.24) is 9.88 Å². The summed E-state index contributed by atoms with van der Waals surface area (Å²) in [6.07, 6.45) is 3.97. The Balaban J connectivity index is 2.08. The number of nitrogens with two attached hydrogens (primary N) is 1. The molecule has 2 heterocycles. The summed E-state index contributed by atoms with van der Waals surface area (Å²) in [6.45, 7) is 5.58. The second kappa shape index (κ2) is 6.56. The lowest BCUT2D eigenvalue weighted by molar-refractivity contribution is 0.220. The van der Waals surface area contributed by atoms with Crippen LogP contribution < -0.4 is 10.6 Å². The number of pyridine rings is 1. The van der Waals surface area contributed by atoms with E-state index in [1.54, 1.807) is 12.3 Å². The SMILES string of the molecule is CCN1CCC(N(C)c2cc(C(N)=NO)ccn2)CC1. The molecule has 2 rings (SSSR count). The second-order valence-corrected chi connectivity index (χ2v) is 5.16. The van der Waals surface area contributed by atoms with Gasteiger partial charge < -0.3 is 20.7 Å². The Morgan fingerprint density at radius 3 is 2.85 bits per heavy atom. The molecule has 1 aromatic rings. The second-order valence-electron chi connectivity index (χ2n) is 5.16. The summed E-state index contributed by atoms with van der Waals surface area (Å²) in [4.78, 5) is 9.05. The Hall–Kier alpha value is -1.82. The van der Waals surface area contributed by atoms with Crippen molar-refractivity contribution in [2.24, 2.45) is 10.9 Å². The zero-order valence-corrected chi connectivity index (χ0v) is 12.2. The minimum atomic E-state index is 0.114. The first-order valence-corrected chi connectivity index (χ1v) is 7.04. The van der Waals surface area contributed by atoms with Gasteiger partial charge in [-0.1, -0.05) is 12.1 Å². The van der Waals surface area contributed by atoms with Gasteiger partial charge in [0, 0.05) is 37.9 Å². The molecule has 3 N–H and O–H groups in total. The van der Waals surface area contributed by atoms with Crippen LogP contribution in [0.15, 0.2) is 23.5 Å². The summed E-state index contributed by atoms with van der Waals surface area (Å²) in [5, 5.41) is 11.8. The molecule has 0 atom stereocenters. The summed E-state index contributed by atoms with van der Waals surface area (Å²) in [5.41, 5.74) is 6.32. The predicted octanol–water partition coefficient (Wildman–Crippen LogP) is 1.10. The monoisotopic (exact) mass is 277 g/mol. The van der Waals surface area contributed by atoms with E-state index in [1.165, 1.54) is 0 Å². The topological polar surface area (TPSA) is 78.0 Å². The summed E-state index contributed by atoms with van der Waals surface area (Å²) in [6, 6.07) is 4.10. The summed E-state index contributed by atoms with van der Waals surface area (Å²) >= 11 is 0. The first-order chi connectivity index (χ1) is 9.65. The van der Waals surface area contributed by atoms with Crippen molar-refractivity contribution < 1.29 is 5.21 Å². The van der Waals surface area contributed by atoms with Crippen LogP contribution in [0, 0.1) is 0 Å². The Morgan fingerprint density at radius 1 is 1.55 bits per heavy atom. The van der Waals surface area contributed by atoms with Gasteiger partial charge in [0.1, 0.15) is 5.82 Å². The van der Waals surface area contributed by atoms with Crippen LogP contribution in [0.25, 0.3) is 0 Å². The standard InChI is InChI=1S/C14H23N5O/c1-3-19-8-5-12(6-9-19)18(2)13-10-11(4-7-16-13)14(15)17-20/h4,7,10,12,20H,3,5-6,8-9H2,1-2H3,(H2,15,17). The number of likely N-dealkylation sites (tertiary alicyclic amines) is 1. The highest BCUT2D eigenvalue weighted by atomic mass is 16.4. The van der Waals surface area contributed by atoms with Gasteiger partial charge in [-0.15, -0.1) is 0 Å². The van der Waals surface area contributed by atoms with Crippen LogP contribution in [-0.4, -0.2) is 53.7 Å². The molecule has 1 aromatic heterocycles. The minimum Gasteiger partial charge on any atom is -0.409 e. The number of hydrogen-bond donors (Lipinski definition) is 2. The van der Waals surface area contributed by atoms with Gasteiger partial charge in [0.25, 0.3) is 0 Å². The number of amidine groups is 1. The highest BCUT2D eigenvalue weighted by Gasteiger charge is 2.22. The molecule has 110 valence electrons. The van der Waals surface area contributed by atoms with Crippen LogP contribution in [0.4, 0.5) is 5.82 Å². The number of piperidine rings is 1. The first-order valence-electron chi connectivity index (χ1n) is 7.04. The summed E-state index contributed by atoms with van der Waals surface area (Å²) in [5.74, 6) is 0.979. The summed E-state index contributed by atoms with van der Waals surface area (Å²) < 4.78 is 0. The number of rotatable bonds is 4. The third kappa shape index (κ3) is 3.19. The van der Waals surface area contributed by atoms with Crippen molar-refractivity contribution in [1.29, 1.82) is 0 Å². The molecule has 0 bridgehead atoms. The van der Waals surface area contributed by atoms with Crippen LogP contribution in [-0.2, 0) is 0 Å². The zero-order valence-electron chi connectivity index (χ0n) is 12.2. The fourth-order valence-corrected chi connectivity index (χ4v) is 2.64. The molecule has 0 saturated carbocycles. The lowest BCUT2D eigenvalue weighted by Gasteiger charge is -2.36. The normalized spacial score (nSPS) is 18.2. The van der Waals surface area contributed by atoms with E-state index in [2.05, 4.69) is 33.9 Å². The molecular formula is C14H23N5O. The van der Waals surface area contributed by atoms with Gasteiger partial charge in [-0.25, -0.2) is 4.98 Å². The van der Waals surface area contributed by atoms with E-state index in [0.29, 0.717) is 11.6 Å². The van der Waals surface area contributed by atoms with Gasteiger partial charge in [-0.2, -0.15) is 0 Å². The molecule has 1 saturated heterocycles. The van der Waals surface area contributed by atoms with Gasteiger partial charge in [0.2, 0.25) is 0 Å². The third-order valence-corrected chi connectivity index (χ3v) is 4.06. The van der Waals surface area contributed by atoms with Gasteiger partial charge >= 0.3 is 0 Å². The molecule has 1 aliphatic rings. The van der Waals surface area contributed by atoms with E-state index < -0.39 is 0 Å². The summed E-state index contributed by atoms with van der Waals surface area (Å²) in [7, 11) is 2.06. The van der Waals surface area contributed by atoms with E-state index in [9.17, 15) is 0 Å². The van der Waals surface area contributed by atoms with Gasteiger partial charge in [-0.3, -0.25) is 0 Å². The minimum absolute atomic E-state index is 0.114. The largest absolute Gasteiger partial charge is 0.409 e. The predicted molar refractivity (Wildman–Crippen MR) is 80.3 cm³/mol. The molecule has 0 unspecified atom stereocenters. The third-order valence-electron chi connectivity index (χ3n) is 4.06. The van der Waals surface area contributed by atoms with E-state index in [4.69, 9.17) is 10.9 Å². The Kier molecular flexibility index (Phi) is 4.79. The van der Waals surface area contributed by atoms with Crippen molar-refractivity contribution in [2.45, 2.75) is 25.8 Å². The van der Waals surface area contributed by atoms with Crippen LogP contribution >= 0.6 is 0 Å². The molecule has 0 aromatic carbocycles. The Morgan fingerprint density at radius 2 is 2.25 bits per heavy atom. The molecule has 1 aliphatic heterocycles. The van der Waals surface area contributed by atoms with Crippen LogP contribution in [0.2, 0.25) is 0 Å². The van der Waals surface area contributed by atoms with Crippen molar-refractivity contribution in [3.05, 3.63) is 23.9 Å². The lowest BCUT2D eigenvalue weighted by Crippen LogP contribution is -2.43. The van der Waals surface area contributed by atoms with Crippen molar-refractivity contribution in [3.8, 4) is 0 Å². The van der Waals surface area contributed by atoms with E-state index >= 15 is 0 Å². The molecular weight excluding hydrogens is 254 g/mol. The van der Waals surface area contributed by atoms with E-state index in [-0.39, 0.29) is 5.84 Å². The number of aromatic nitrogens is 1. The first kappa shape index (κ1) is 14.6. The van der Waals surface area contributed by atoms with Crippen LogP contribution in [0.3, 0.4) is 0 Å². The molecule has 0 aliphatic carbocycles. The molecule has 1 fully saturated rings. The van der Waals surface area contributed by atoms with Crippen molar-refractivity contribution >= 4 is 11.7 Å². The van der Waals surface area contributed by atoms with Crippen LogP contribution in [0.1, 0.15) is 25.3 Å². The molecule has 6 nitrogen and oxygen atoms in total. The lowest BCUT2D eigenvalue weighted by atomic mass is 10.0. The van der Waals surface area contributed by atoms with Crippen LogP contribution in [0.5, 0.6) is 0 Å². The number of oxime groups is 1. The maximum Gasteiger partial charge on any atom is 0.170 e. The molecule has 0 spiro atoms. The maximum atomic E-state index is 8.75. The maximum absolute atomic E-state index is 8.75. The fraction of sp³-hybridized carbons (Fsp3) is 0.571. The van der Waals surface area contributed by atoms with Crippen molar-refractivity contribution in [2.75, 3.05) is 31.6 Å². The number of hydrogen-bond acceptors (Lipinski definition) is 5. The van der Waals surface area contributed by atoms with Gasteiger partial charge in [-0.05, 0) is 31.5 Å². The number of nitrogens with zero attached hydrogens (tertiary/aromatic N) is 4. The number of anilines is 1. The average Bonchev–Trinajstić information content (AvgIpc) is 2.53. The Bertz CT molecular complexity index is 468. The fourth-order valence-electron chi connectivity index (χ4n) is 2.64. The smallest absolute Gasteiger partial charge is 0.170 e. The van der Waals surface area contributed by atoms with E-state index in [0.717, 1.165) is 38.3 Å². The zero-order chi connectivity index (χ0) is 14.5. The Labute approximate surface area is 119 Å². The van der Waals surface area contributed by atoms with Gasteiger partial charge in [0.15, 0.2) is 5.84 Å². The van der Waals surface area contributed by atoms with Crippen molar-refractivity contribution in [3.63, 3.8) is 0 Å². The highest BCUT2D eigenvalue weighted by molar-refractivity contribution is 5.97. The quantitative estimate of drug-likeness (QED) is 0.373. The van der Waals surface area contributed by atoms with Gasteiger partial charge in [0.05, 0.1) is 0 Å². The molecule has 20 heavy (non-hydrogen) atoms. The van der Waals surface area contributed by atoms with E-state index in [1.807, 2.05) is 6.07 Å². The highest BCUT2D eigenvalue weighted by Crippen LogP contribution is 2.21. The molecule has 0 amide bonds.